The number of primary amides is 1. The zero-order chi connectivity index (χ0) is 13.1. The fraction of sp³-hybridized carbons (Fsp3) is 0.0769. The fourth-order valence-corrected chi connectivity index (χ4v) is 1.67. The Morgan fingerprint density at radius 3 is 2.78 bits per heavy atom. The van der Waals surface area contributed by atoms with Gasteiger partial charge in [0, 0.05) is 6.20 Å². The van der Waals surface area contributed by atoms with E-state index in [2.05, 4.69) is 10.3 Å². The highest BCUT2D eigenvalue weighted by Gasteiger charge is 2.09. The van der Waals surface area contributed by atoms with Crippen LogP contribution in [0.5, 0.6) is 0 Å². The second-order valence-corrected chi connectivity index (χ2v) is 4.01. The van der Waals surface area contributed by atoms with Crippen molar-refractivity contribution in [1.82, 2.24) is 4.98 Å². The molecule has 0 aliphatic heterocycles. The first-order valence-corrected chi connectivity index (χ1v) is 5.45. The van der Waals surface area contributed by atoms with Crippen molar-refractivity contribution in [2.24, 2.45) is 5.73 Å². The van der Waals surface area contributed by atoms with E-state index in [4.69, 9.17) is 11.5 Å². The second kappa shape index (κ2) is 4.75. The molecule has 92 valence electrons. The van der Waals surface area contributed by atoms with Gasteiger partial charge in [0.1, 0.15) is 0 Å². The standard InChI is InChI=1S/C13H14N4O/c1-8-5-9(7-16-6-8)17-11-4-2-3-10(12(11)14)13(15)18/h2-7,17H,14H2,1H3,(H2,15,18). The molecule has 0 unspecified atom stereocenters. The molecule has 5 N–H and O–H groups in total. The molecule has 0 atom stereocenters. The summed E-state index contributed by atoms with van der Waals surface area (Å²) in [6, 6.07) is 7.03. The van der Waals surface area contributed by atoms with Gasteiger partial charge in [-0.15, -0.1) is 0 Å². The summed E-state index contributed by atoms with van der Waals surface area (Å²) in [6.45, 7) is 1.95. The number of amides is 1. The number of carbonyl (C=O) groups is 1. The Bertz CT molecular complexity index is 595. The molecule has 5 heteroatoms. The van der Waals surface area contributed by atoms with Gasteiger partial charge in [-0.25, -0.2) is 0 Å². The minimum absolute atomic E-state index is 0.306. The molecule has 0 aliphatic carbocycles. The zero-order valence-electron chi connectivity index (χ0n) is 9.97. The number of hydrogen-bond acceptors (Lipinski definition) is 4. The Morgan fingerprint density at radius 1 is 1.33 bits per heavy atom. The van der Waals surface area contributed by atoms with Crippen LogP contribution < -0.4 is 16.8 Å². The summed E-state index contributed by atoms with van der Waals surface area (Å²) < 4.78 is 0. The maximum Gasteiger partial charge on any atom is 0.250 e. The lowest BCUT2D eigenvalue weighted by molar-refractivity contribution is 0.100. The molecule has 0 saturated heterocycles. The lowest BCUT2D eigenvalue weighted by Crippen LogP contribution is -2.14. The lowest BCUT2D eigenvalue weighted by Gasteiger charge is -2.11. The average molecular weight is 242 g/mol. The molecule has 1 heterocycles. The number of pyridine rings is 1. The summed E-state index contributed by atoms with van der Waals surface area (Å²) in [4.78, 5) is 15.3. The average Bonchev–Trinajstić information content (AvgIpc) is 2.31. The third kappa shape index (κ3) is 2.40. The summed E-state index contributed by atoms with van der Waals surface area (Å²) in [6.07, 6.45) is 3.44. The summed E-state index contributed by atoms with van der Waals surface area (Å²) in [5, 5.41) is 3.11. The van der Waals surface area contributed by atoms with Gasteiger partial charge in [-0.1, -0.05) is 6.07 Å². The van der Waals surface area contributed by atoms with Crippen LogP contribution >= 0.6 is 0 Å². The van der Waals surface area contributed by atoms with E-state index in [0.717, 1.165) is 11.3 Å². The van der Waals surface area contributed by atoms with Crippen LogP contribution in [0.25, 0.3) is 0 Å². The Morgan fingerprint density at radius 2 is 2.11 bits per heavy atom. The van der Waals surface area contributed by atoms with Gasteiger partial charge in [-0.3, -0.25) is 9.78 Å². The van der Waals surface area contributed by atoms with E-state index < -0.39 is 5.91 Å². The number of anilines is 3. The molecule has 0 saturated carbocycles. The van der Waals surface area contributed by atoms with Crippen LogP contribution in [0.2, 0.25) is 0 Å². The van der Waals surface area contributed by atoms with Gasteiger partial charge in [0.2, 0.25) is 0 Å². The van der Waals surface area contributed by atoms with Gasteiger partial charge in [-0.2, -0.15) is 0 Å². The van der Waals surface area contributed by atoms with Gasteiger partial charge in [-0.05, 0) is 30.7 Å². The van der Waals surface area contributed by atoms with Crippen LogP contribution in [0, 0.1) is 6.92 Å². The molecule has 1 aromatic carbocycles. The highest BCUT2D eigenvalue weighted by molar-refractivity contribution is 6.01. The normalized spacial score (nSPS) is 10.1. The number of nitrogens with zero attached hydrogens (tertiary/aromatic N) is 1. The first-order chi connectivity index (χ1) is 8.58. The Balaban J connectivity index is 2.35. The van der Waals surface area contributed by atoms with Crippen molar-refractivity contribution in [3.8, 4) is 0 Å². The predicted molar refractivity (Wildman–Crippen MR) is 71.6 cm³/mol. The van der Waals surface area contributed by atoms with Crippen molar-refractivity contribution >= 4 is 23.0 Å². The van der Waals surface area contributed by atoms with E-state index in [-0.39, 0.29) is 0 Å². The lowest BCUT2D eigenvalue weighted by atomic mass is 10.1. The van der Waals surface area contributed by atoms with Gasteiger partial charge in [0.25, 0.3) is 5.91 Å². The summed E-state index contributed by atoms with van der Waals surface area (Å²) >= 11 is 0. The first-order valence-electron chi connectivity index (χ1n) is 5.45. The molecular formula is C13H14N4O. The predicted octanol–water partition coefficient (Wildman–Crippen LogP) is 1.81. The van der Waals surface area contributed by atoms with Crippen molar-refractivity contribution in [1.29, 1.82) is 0 Å². The molecule has 0 aliphatic rings. The van der Waals surface area contributed by atoms with Crippen LogP contribution in [-0.2, 0) is 0 Å². The minimum Gasteiger partial charge on any atom is -0.396 e. The van der Waals surface area contributed by atoms with Crippen molar-refractivity contribution in [3.63, 3.8) is 0 Å². The molecule has 0 radical (unpaired) electrons. The Hall–Kier alpha value is -2.56. The molecule has 2 rings (SSSR count). The monoisotopic (exact) mass is 242 g/mol. The van der Waals surface area contributed by atoms with Crippen LogP contribution in [0.1, 0.15) is 15.9 Å². The number of nitrogens with two attached hydrogens (primary N) is 2. The number of carbonyl (C=O) groups excluding carboxylic acids is 1. The third-order valence-electron chi connectivity index (χ3n) is 2.53. The Labute approximate surface area is 105 Å². The summed E-state index contributed by atoms with van der Waals surface area (Å²) in [5.41, 5.74) is 14.3. The third-order valence-corrected chi connectivity index (χ3v) is 2.53. The van der Waals surface area contributed by atoms with Gasteiger partial charge < -0.3 is 16.8 Å². The van der Waals surface area contributed by atoms with Crippen LogP contribution in [-0.4, -0.2) is 10.9 Å². The molecule has 18 heavy (non-hydrogen) atoms. The van der Waals surface area contributed by atoms with Crippen LogP contribution in [0.3, 0.4) is 0 Å². The largest absolute Gasteiger partial charge is 0.396 e. The van der Waals surface area contributed by atoms with Crippen molar-refractivity contribution in [3.05, 3.63) is 47.8 Å². The van der Waals surface area contributed by atoms with Crippen molar-refractivity contribution in [2.45, 2.75) is 6.92 Å². The minimum atomic E-state index is -0.543. The number of hydrogen-bond donors (Lipinski definition) is 3. The number of aromatic nitrogens is 1. The van der Waals surface area contributed by atoms with Crippen LogP contribution in [0.15, 0.2) is 36.7 Å². The molecular weight excluding hydrogens is 228 g/mol. The molecule has 2 aromatic rings. The van der Waals surface area contributed by atoms with Gasteiger partial charge in [0.05, 0.1) is 28.8 Å². The van der Waals surface area contributed by atoms with Gasteiger partial charge >= 0.3 is 0 Å². The van der Waals surface area contributed by atoms with Crippen LogP contribution in [0.4, 0.5) is 17.1 Å². The number of benzene rings is 1. The SMILES string of the molecule is Cc1cncc(Nc2cccc(C(N)=O)c2N)c1. The Kier molecular flexibility index (Phi) is 3.14. The van der Waals surface area contributed by atoms with Crippen molar-refractivity contribution in [2.75, 3.05) is 11.1 Å². The number of nitrogens with one attached hydrogen (secondary N) is 1. The number of para-hydroxylation sites is 1. The van der Waals surface area contributed by atoms with E-state index in [1.54, 1.807) is 30.6 Å². The van der Waals surface area contributed by atoms with Gasteiger partial charge in [0.15, 0.2) is 0 Å². The highest BCUT2D eigenvalue weighted by atomic mass is 16.1. The highest BCUT2D eigenvalue weighted by Crippen LogP contribution is 2.25. The number of nitrogen functional groups attached to an aromatic ring is 1. The van der Waals surface area contributed by atoms with Crippen molar-refractivity contribution < 1.29 is 4.79 Å². The van der Waals surface area contributed by atoms with E-state index >= 15 is 0 Å². The molecule has 5 nitrogen and oxygen atoms in total. The summed E-state index contributed by atoms with van der Waals surface area (Å²) in [5.74, 6) is -0.543. The van der Waals surface area contributed by atoms with E-state index in [1.807, 2.05) is 13.0 Å². The molecule has 0 bridgehead atoms. The quantitative estimate of drug-likeness (QED) is 0.715. The molecule has 0 spiro atoms. The maximum atomic E-state index is 11.2. The second-order valence-electron chi connectivity index (χ2n) is 4.01. The molecule has 1 aromatic heterocycles. The fourth-order valence-electron chi connectivity index (χ4n) is 1.67. The smallest absolute Gasteiger partial charge is 0.250 e. The number of aryl methyl sites for hydroxylation is 1. The van der Waals surface area contributed by atoms with E-state index in [9.17, 15) is 4.79 Å². The molecule has 0 fully saturated rings. The summed E-state index contributed by atoms with van der Waals surface area (Å²) in [7, 11) is 0. The maximum absolute atomic E-state index is 11.2. The molecule has 1 amide bonds. The zero-order valence-corrected chi connectivity index (χ0v) is 9.97. The first kappa shape index (κ1) is 11.9. The topological polar surface area (TPSA) is 94.0 Å². The van der Waals surface area contributed by atoms with E-state index in [0.29, 0.717) is 16.9 Å². The number of rotatable bonds is 3. The van der Waals surface area contributed by atoms with E-state index in [1.165, 1.54) is 0 Å².